The molecule has 0 fully saturated rings. The lowest BCUT2D eigenvalue weighted by molar-refractivity contribution is -0.463. The summed E-state index contributed by atoms with van der Waals surface area (Å²) in [5.74, 6) is 1.09. The summed E-state index contributed by atoms with van der Waals surface area (Å²) in [6, 6.07) is 0. The molecule has 0 radical (unpaired) electrons. The highest BCUT2D eigenvalue weighted by Crippen LogP contribution is 1.98. The summed E-state index contributed by atoms with van der Waals surface area (Å²) in [7, 11) is 1.51. The maximum Gasteiger partial charge on any atom is 0.259 e. The quantitative estimate of drug-likeness (QED) is 0.195. The standard InChI is InChI=1S/C7H15N5O2S/c1-10-6(5-12(13)14)11-3-2-4-15-7(8)9/h2-5H2,1H3,(H3,8,9)(H,10,11). The lowest BCUT2D eigenvalue weighted by atomic mass is 10.4. The van der Waals surface area contributed by atoms with Gasteiger partial charge in [0.2, 0.25) is 0 Å². The molecule has 7 nitrogen and oxygen atoms in total. The van der Waals surface area contributed by atoms with Crippen LogP contribution in [-0.2, 0) is 0 Å². The molecule has 0 aromatic heterocycles. The van der Waals surface area contributed by atoms with Gasteiger partial charge in [-0.1, -0.05) is 11.8 Å². The number of nitrogens with two attached hydrogens (primary N) is 1. The van der Waals surface area contributed by atoms with Gasteiger partial charge < -0.3 is 11.1 Å². The maximum absolute atomic E-state index is 10.2. The SMILES string of the molecule is CN=C(C[N+](=O)[O-])NCCCSC(=N)N. The number of nitro groups is 1. The normalized spacial score (nSPS) is 11.1. The maximum atomic E-state index is 10.2. The van der Waals surface area contributed by atoms with Gasteiger partial charge in [0.05, 0.1) is 0 Å². The van der Waals surface area contributed by atoms with Gasteiger partial charge in [-0.25, -0.2) is 0 Å². The molecule has 0 aliphatic carbocycles. The van der Waals surface area contributed by atoms with Crippen LogP contribution in [0.15, 0.2) is 4.99 Å². The molecular formula is C7H15N5O2S. The minimum Gasteiger partial charge on any atom is -0.379 e. The van der Waals surface area contributed by atoms with Crippen LogP contribution in [0.2, 0.25) is 0 Å². The van der Waals surface area contributed by atoms with E-state index in [0.29, 0.717) is 12.4 Å². The molecule has 0 aromatic carbocycles. The summed E-state index contributed by atoms with van der Waals surface area (Å²) in [4.78, 5) is 13.5. The van der Waals surface area contributed by atoms with E-state index in [4.69, 9.17) is 11.1 Å². The molecule has 0 unspecified atom stereocenters. The average molecular weight is 233 g/mol. The number of amidine groups is 2. The first-order valence-electron chi connectivity index (χ1n) is 4.34. The zero-order chi connectivity index (χ0) is 11.7. The number of nitrogens with one attached hydrogen (secondary N) is 2. The minimum absolute atomic E-state index is 0.0877. The summed E-state index contributed by atoms with van der Waals surface area (Å²) in [6.07, 6.45) is 0.779. The van der Waals surface area contributed by atoms with E-state index in [2.05, 4.69) is 10.3 Å². The second-order valence-electron chi connectivity index (χ2n) is 2.65. The minimum atomic E-state index is -0.431. The van der Waals surface area contributed by atoms with Crippen LogP contribution in [0.1, 0.15) is 6.42 Å². The lowest BCUT2D eigenvalue weighted by Crippen LogP contribution is -2.31. The van der Waals surface area contributed by atoms with Gasteiger partial charge in [0.25, 0.3) is 6.54 Å². The van der Waals surface area contributed by atoms with E-state index < -0.39 is 4.92 Å². The molecule has 0 saturated heterocycles. The van der Waals surface area contributed by atoms with Crippen molar-refractivity contribution in [1.29, 1.82) is 5.41 Å². The van der Waals surface area contributed by atoms with Crippen LogP contribution in [0.25, 0.3) is 0 Å². The molecule has 8 heteroatoms. The van der Waals surface area contributed by atoms with Gasteiger partial charge in [-0.05, 0) is 6.42 Å². The van der Waals surface area contributed by atoms with E-state index in [9.17, 15) is 10.1 Å². The van der Waals surface area contributed by atoms with Crippen molar-refractivity contribution in [2.45, 2.75) is 6.42 Å². The van der Waals surface area contributed by atoms with Crippen LogP contribution in [0.5, 0.6) is 0 Å². The Kier molecular flexibility index (Phi) is 7.33. The van der Waals surface area contributed by atoms with Crippen LogP contribution in [0, 0.1) is 15.5 Å². The van der Waals surface area contributed by atoms with Crippen molar-refractivity contribution in [3.05, 3.63) is 10.1 Å². The fourth-order valence-electron chi connectivity index (χ4n) is 0.815. The Balaban J connectivity index is 3.56. The Labute approximate surface area is 92.2 Å². The zero-order valence-corrected chi connectivity index (χ0v) is 9.34. The van der Waals surface area contributed by atoms with Gasteiger partial charge in [-0.3, -0.25) is 20.5 Å². The topological polar surface area (TPSA) is 117 Å². The Morgan fingerprint density at radius 1 is 1.73 bits per heavy atom. The number of nitrogens with zero attached hydrogens (tertiary/aromatic N) is 2. The predicted octanol–water partition coefficient (Wildman–Crippen LogP) is -0.102. The molecule has 86 valence electrons. The van der Waals surface area contributed by atoms with Gasteiger partial charge in [-0.2, -0.15) is 0 Å². The Morgan fingerprint density at radius 3 is 2.87 bits per heavy atom. The first kappa shape index (κ1) is 13.7. The second kappa shape index (κ2) is 8.04. The molecular weight excluding hydrogens is 218 g/mol. The Hall–Kier alpha value is -1.31. The molecule has 0 aliphatic heterocycles. The molecule has 0 aliphatic rings. The number of hydrogen-bond acceptors (Lipinski definition) is 5. The van der Waals surface area contributed by atoms with E-state index in [-0.39, 0.29) is 11.7 Å². The number of aliphatic imine (C=N–C) groups is 1. The summed E-state index contributed by atoms with van der Waals surface area (Å²) < 4.78 is 0. The van der Waals surface area contributed by atoms with Crippen LogP contribution in [0.3, 0.4) is 0 Å². The molecule has 0 heterocycles. The molecule has 15 heavy (non-hydrogen) atoms. The van der Waals surface area contributed by atoms with Crippen molar-refractivity contribution in [2.24, 2.45) is 10.7 Å². The lowest BCUT2D eigenvalue weighted by Gasteiger charge is -2.05. The van der Waals surface area contributed by atoms with Crippen molar-refractivity contribution in [3.8, 4) is 0 Å². The molecule has 0 rings (SSSR count). The van der Waals surface area contributed by atoms with Gasteiger partial charge >= 0.3 is 0 Å². The third kappa shape index (κ3) is 9.01. The van der Waals surface area contributed by atoms with E-state index >= 15 is 0 Å². The van der Waals surface area contributed by atoms with Crippen LogP contribution < -0.4 is 11.1 Å². The van der Waals surface area contributed by atoms with Crippen LogP contribution >= 0.6 is 11.8 Å². The first-order chi connectivity index (χ1) is 7.06. The number of thioether (sulfide) groups is 1. The molecule has 0 spiro atoms. The van der Waals surface area contributed by atoms with Crippen molar-refractivity contribution >= 4 is 22.8 Å². The van der Waals surface area contributed by atoms with Crippen molar-refractivity contribution < 1.29 is 4.92 Å². The van der Waals surface area contributed by atoms with Gasteiger partial charge in [0, 0.05) is 24.3 Å². The molecule has 0 atom stereocenters. The summed E-state index contributed by atoms with van der Waals surface area (Å²) in [6.45, 7) is 0.317. The highest BCUT2D eigenvalue weighted by atomic mass is 32.2. The highest BCUT2D eigenvalue weighted by Gasteiger charge is 2.04. The fraction of sp³-hybridized carbons (Fsp3) is 0.714. The van der Waals surface area contributed by atoms with Crippen LogP contribution in [0.4, 0.5) is 0 Å². The third-order valence-corrected chi connectivity index (χ3v) is 2.26. The van der Waals surface area contributed by atoms with Gasteiger partial charge in [-0.15, -0.1) is 0 Å². The summed E-state index contributed by atoms with van der Waals surface area (Å²) in [5.41, 5.74) is 5.14. The first-order valence-corrected chi connectivity index (χ1v) is 5.33. The van der Waals surface area contributed by atoms with Crippen molar-refractivity contribution in [2.75, 3.05) is 25.9 Å². The van der Waals surface area contributed by atoms with Gasteiger partial charge in [0.15, 0.2) is 11.0 Å². The smallest absolute Gasteiger partial charge is 0.259 e. The number of hydrogen-bond donors (Lipinski definition) is 3. The fourth-order valence-corrected chi connectivity index (χ4v) is 1.32. The summed E-state index contributed by atoms with van der Waals surface area (Å²) >= 11 is 1.25. The molecule has 0 bridgehead atoms. The van der Waals surface area contributed by atoms with Crippen molar-refractivity contribution in [1.82, 2.24) is 5.32 Å². The van der Waals surface area contributed by atoms with E-state index in [1.807, 2.05) is 0 Å². The van der Waals surface area contributed by atoms with Crippen LogP contribution in [-0.4, -0.2) is 41.8 Å². The highest BCUT2D eigenvalue weighted by molar-refractivity contribution is 8.13. The van der Waals surface area contributed by atoms with E-state index in [1.54, 1.807) is 0 Å². The summed E-state index contributed by atoms with van der Waals surface area (Å²) in [5, 5.41) is 20.1. The average Bonchev–Trinajstić information content (AvgIpc) is 2.14. The largest absolute Gasteiger partial charge is 0.379 e. The van der Waals surface area contributed by atoms with E-state index in [1.165, 1.54) is 18.8 Å². The zero-order valence-electron chi connectivity index (χ0n) is 8.52. The third-order valence-electron chi connectivity index (χ3n) is 1.46. The second-order valence-corrected chi connectivity index (χ2v) is 3.79. The Bertz CT molecular complexity index is 256. The monoisotopic (exact) mass is 233 g/mol. The van der Waals surface area contributed by atoms with E-state index in [0.717, 1.165) is 12.2 Å². The Morgan fingerprint density at radius 2 is 2.40 bits per heavy atom. The number of rotatable bonds is 6. The van der Waals surface area contributed by atoms with Gasteiger partial charge in [0.1, 0.15) is 0 Å². The molecule has 0 saturated carbocycles. The predicted molar refractivity (Wildman–Crippen MR) is 62.2 cm³/mol. The van der Waals surface area contributed by atoms with Crippen molar-refractivity contribution in [3.63, 3.8) is 0 Å². The molecule has 0 amide bonds. The molecule has 4 N–H and O–H groups in total. The molecule has 0 aromatic rings.